The van der Waals surface area contributed by atoms with Gasteiger partial charge in [0.2, 0.25) is 11.7 Å². The van der Waals surface area contributed by atoms with Crippen LogP contribution in [0.15, 0.2) is 4.52 Å². The molecule has 1 fully saturated rings. The zero-order valence-corrected chi connectivity index (χ0v) is 9.53. The van der Waals surface area contributed by atoms with Gasteiger partial charge in [0.15, 0.2) is 0 Å². The largest absolute Gasteiger partial charge is 0.450 e. The molecule has 1 saturated heterocycles. The average molecular weight is 263 g/mol. The van der Waals surface area contributed by atoms with Gasteiger partial charge >= 0.3 is 6.18 Å². The van der Waals surface area contributed by atoms with Crippen LogP contribution in [0.25, 0.3) is 0 Å². The van der Waals surface area contributed by atoms with E-state index in [1.807, 2.05) is 4.90 Å². The van der Waals surface area contributed by atoms with E-state index in [4.69, 9.17) is 0 Å². The molecule has 1 aliphatic rings. The highest BCUT2D eigenvalue weighted by molar-refractivity contribution is 5.85. The van der Waals surface area contributed by atoms with Crippen LogP contribution in [0, 0.1) is 0 Å². The quantitative estimate of drug-likeness (QED) is 0.831. The second-order valence-electron chi connectivity index (χ2n) is 4.13. The van der Waals surface area contributed by atoms with Crippen LogP contribution in [0.1, 0.15) is 25.2 Å². The van der Waals surface area contributed by atoms with Gasteiger partial charge in [-0.3, -0.25) is 4.79 Å². The molecule has 0 bridgehead atoms. The van der Waals surface area contributed by atoms with Gasteiger partial charge in [0, 0.05) is 13.1 Å². The number of halogens is 3. The number of hydrogen-bond acceptors (Lipinski definition) is 5. The van der Waals surface area contributed by atoms with Crippen molar-refractivity contribution in [2.24, 2.45) is 0 Å². The lowest BCUT2D eigenvalue weighted by Gasteiger charge is -2.24. The number of Topliss-reactive ketones (excluding diaryl/α,β-unsaturated/α-hetero) is 1. The van der Waals surface area contributed by atoms with Crippen LogP contribution >= 0.6 is 0 Å². The Kier molecular flexibility index (Phi) is 3.53. The molecule has 2 heterocycles. The number of piperidine rings is 1. The molecule has 0 aromatic carbocycles. The standard InChI is InChI=1S/C10H12F3N3O2/c11-10(12,13)7(17)6-8-14-9(15-18-8)16-4-2-1-3-5-16/h1-6H2. The molecule has 0 N–H and O–H groups in total. The molecule has 2 rings (SSSR count). The summed E-state index contributed by atoms with van der Waals surface area (Å²) in [5.41, 5.74) is 0. The molecule has 1 aliphatic heterocycles. The molecule has 100 valence electrons. The van der Waals surface area contributed by atoms with Crippen molar-refractivity contribution in [3.05, 3.63) is 5.89 Å². The zero-order chi connectivity index (χ0) is 13.2. The second-order valence-corrected chi connectivity index (χ2v) is 4.13. The van der Waals surface area contributed by atoms with E-state index in [2.05, 4.69) is 14.7 Å². The van der Waals surface area contributed by atoms with E-state index in [-0.39, 0.29) is 11.8 Å². The topological polar surface area (TPSA) is 59.2 Å². The van der Waals surface area contributed by atoms with Crippen LogP contribution in [0.2, 0.25) is 0 Å². The summed E-state index contributed by atoms with van der Waals surface area (Å²) in [6.07, 6.45) is -2.66. The first kappa shape index (κ1) is 12.8. The summed E-state index contributed by atoms with van der Waals surface area (Å²) >= 11 is 0. The predicted octanol–water partition coefficient (Wildman–Crippen LogP) is 1.73. The summed E-state index contributed by atoms with van der Waals surface area (Å²) in [7, 11) is 0. The van der Waals surface area contributed by atoms with Crippen molar-refractivity contribution in [2.45, 2.75) is 31.9 Å². The van der Waals surface area contributed by atoms with Gasteiger partial charge in [-0.25, -0.2) is 0 Å². The number of nitrogens with zero attached hydrogens (tertiary/aromatic N) is 3. The number of ketones is 1. The van der Waals surface area contributed by atoms with Gasteiger partial charge in [-0.1, -0.05) is 0 Å². The van der Waals surface area contributed by atoms with Crippen molar-refractivity contribution in [1.82, 2.24) is 10.1 Å². The zero-order valence-electron chi connectivity index (χ0n) is 9.53. The average Bonchev–Trinajstić information content (AvgIpc) is 2.77. The molecule has 0 spiro atoms. The van der Waals surface area contributed by atoms with E-state index in [1.54, 1.807) is 0 Å². The minimum Gasteiger partial charge on any atom is -0.338 e. The second kappa shape index (κ2) is 4.95. The van der Waals surface area contributed by atoms with E-state index in [0.29, 0.717) is 0 Å². The molecule has 0 radical (unpaired) electrons. The first-order valence-corrected chi connectivity index (χ1v) is 5.64. The van der Waals surface area contributed by atoms with Gasteiger partial charge in [-0.2, -0.15) is 18.2 Å². The maximum Gasteiger partial charge on any atom is 0.450 e. The summed E-state index contributed by atoms with van der Waals surface area (Å²) in [6, 6.07) is 0. The Balaban J connectivity index is 1.99. The first-order valence-electron chi connectivity index (χ1n) is 5.64. The van der Waals surface area contributed by atoms with E-state index in [0.717, 1.165) is 32.4 Å². The Morgan fingerprint density at radius 2 is 1.94 bits per heavy atom. The molecular weight excluding hydrogens is 251 g/mol. The first-order chi connectivity index (χ1) is 8.47. The smallest absolute Gasteiger partial charge is 0.338 e. The highest BCUT2D eigenvalue weighted by Crippen LogP contribution is 2.20. The third-order valence-electron chi connectivity index (χ3n) is 2.72. The Hall–Kier alpha value is -1.60. The fraction of sp³-hybridized carbons (Fsp3) is 0.700. The van der Waals surface area contributed by atoms with Gasteiger partial charge in [0.25, 0.3) is 5.95 Å². The summed E-state index contributed by atoms with van der Waals surface area (Å²) in [5.74, 6) is -1.91. The van der Waals surface area contributed by atoms with E-state index < -0.39 is 18.4 Å². The fourth-order valence-electron chi connectivity index (χ4n) is 1.78. The van der Waals surface area contributed by atoms with E-state index in [1.165, 1.54) is 0 Å². The lowest BCUT2D eigenvalue weighted by atomic mass is 10.1. The number of carbonyl (C=O) groups excluding carboxylic acids is 1. The number of carbonyl (C=O) groups is 1. The lowest BCUT2D eigenvalue weighted by molar-refractivity contribution is -0.170. The SMILES string of the molecule is O=C(Cc1nc(N2CCCCC2)no1)C(F)(F)F. The maximum atomic E-state index is 12.0. The molecule has 0 unspecified atom stereocenters. The van der Waals surface area contributed by atoms with Crippen molar-refractivity contribution in [3.8, 4) is 0 Å². The van der Waals surface area contributed by atoms with Gasteiger partial charge in [-0.05, 0) is 24.4 Å². The number of rotatable bonds is 3. The number of alkyl halides is 3. The summed E-state index contributed by atoms with van der Waals surface area (Å²) in [6.45, 7) is 1.51. The fourth-order valence-corrected chi connectivity index (χ4v) is 1.78. The van der Waals surface area contributed by atoms with Gasteiger partial charge < -0.3 is 9.42 Å². The normalized spacial score (nSPS) is 16.9. The van der Waals surface area contributed by atoms with Crippen LogP contribution in [0.4, 0.5) is 19.1 Å². The molecule has 8 heteroatoms. The number of aromatic nitrogens is 2. The third kappa shape index (κ3) is 2.99. The highest BCUT2D eigenvalue weighted by Gasteiger charge is 2.39. The molecule has 0 atom stereocenters. The van der Waals surface area contributed by atoms with Crippen LogP contribution in [0.3, 0.4) is 0 Å². The van der Waals surface area contributed by atoms with Crippen molar-refractivity contribution < 1.29 is 22.5 Å². The van der Waals surface area contributed by atoms with Crippen molar-refractivity contribution >= 4 is 11.7 Å². The van der Waals surface area contributed by atoms with Crippen LogP contribution in [0.5, 0.6) is 0 Å². The molecule has 1 aromatic heterocycles. The Morgan fingerprint density at radius 1 is 1.28 bits per heavy atom. The molecule has 0 amide bonds. The molecular formula is C10H12F3N3O2. The van der Waals surface area contributed by atoms with Gasteiger partial charge in [0.05, 0.1) is 6.42 Å². The summed E-state index contributed by atoms with van der Waals surface area (Å²) < 4.78 is 40.8. The van der Waals surface area contributed by atoms with Crippen LogP contribution in [-0.2, 0) is 11.2 Å². The number of hydrogen-bond donors (Lipinski definition) is 0. The third-order valence-corrected chi connectivity index (χ3v) is 2.72. The summed E-state index contributed by atoms with van der Waals surface area (Å²) in [4.78, 5) is 16.4. The van der Waals surface area contributed by atoms with Crippen LogP contribution in [-0.4, -0.2) is 35.2 Å². The number of anilines is 1. The molecule has 1 aromatic rings. The van der Waals surface area contributed by atoms with Gasteiger partial charge in [0.1, 0.15) is 0 Å². The van der Waals surface area contributed by atoms with E-state index >= 15 is 0 Å². The van der Waals surface area contributed by atoms with Crippen molar-refractivity contribution in [2.75, 3.05) is 18.0 Å². The summed E-state index contributed by atoms with van der Waals surface area (Å²) in [5, 5.41) is 3.60. The molecule has 5 nitrogen and oxygen atoms in total. The van der Waals surface area contributed by atoms with Crippen molar-refractivity contribution in [1.29, 1.82) is 0 Å². The van der Waals surface area contributed by atoms with Crippen LogP contribution < -0.4 is 4.90 Å². The van der Waals surface area contributed by atoms with Gasteiger partial charge in [-0.15, -0.1) is 0 Å². The molecule has 0 aliphatic carbocycles. The maximum absolute atomic E-state index is 12.0. The Labute approximate surface area is 101 Å². The highest BCUT2D eigenvalue weighted by atomic mass is 19.4. The lowest BCUT2D eigenvalue weighted by Crippen LogP contribution is -2.30. The molecule has 0 saturated carbocycles. The molecule has 18 heavy (non-hydrogen) atoms. The van der Waals surface area contributed by atoms with E-state index in [9.17, 15) is 18.0 Å². The van der Waals surface area contributed by atoms with Crippen molar-refractivity contribution in [3.63, 3.8) is 0 Å². The minimum atomic E-state index is -4.86. The minimum absolute atomic E-state index is 0.264. The predicted molar refractivity (Wildman–Crippen MR) is 55.1 cm³/mol. The Bertz CT molecular complexity index is 424. The monoisotopic (exact) mass is 263 g/mol. The Morgan fingerprint density at radius 3 is 2.56 bits per heavy atom.